The molecule has 0 amide bonds. The van der Waals surface area contributed by atoms with Crippen LogP contribution in [0, 0.1) is 0 Å². The third-order valence-electron chi connectivity index (χ3n) is 1.74. The summed E-state index contributed by atoms with van der Waals surface area (Å²) < 4.78 is 0. The summed E-state index contributed by atoms with van der Waals surface area (Å²) in [4.78, 5) is 0. The largest absolute Gasteiger partial charge is 0.255 e. The lowest BCUT2D eigenvalue weighted by atomic mass is 10.2. The second-order valence-corrected chi connectivity index (χ2v) is 2.56. The highest BCUT2D eigenvalue weighted by Gasteiger charge is 2.06. The zero-order valence-corrected chi connectivity index (χ0v) is 10.4. The zero-order chi connectivity index (χ0) is 6.53. The Morgan fingerprint density at radius 1 is 1.09 bits per heavy atom. The van der Waals surface area contributed by atoms with Gasteiger partial charge in [-0.15, -0.1) is 34.0 Å². The van der Waals surface area contributed by atoms with Gasteiger partial charge in [0.15, 0.2) is 0 Å². The van der Waals surface area contributed by atoms with E-state index in [0.717, 1.165) is 6.54 Å². The molecule has 0 atom stereocenters. The van der Waals surface area contributed by atoms with Crippen LogP contribution >= 0.6 is 34.0 Å². The summed E-state index contributed by atoms with van der Waals surface area (Å²) in [5, 5.41) is 2.32. The molecule has 1 N–H and O–H groups in total. The van der Waals surface area contributed by atoms with Gasteiger partial charge in [-0.1, -0.05) is 13.3 Å². The van der Waals surface area contributed by atoms with E-state index >= 15 is 0 Å². The first-order chi connectivity index (χ1) is 4.43. The van der Waals surface area contributed by atoms with Crippen LogP contribution in [0.3, 0.4) is 0 Å². The molecule has 0 saturated carbocycles. The first-order valence-electron chi connectivity index (χ1n) is 3.92. The minimum Gasteiger partial charge on any atom is -0.255 e. The molecule has 2 nitrogen and oxygen atoms in total. The second-order valence-electron chi connectivity index (χ2n) is 2.56. The van der Waals surface area contributed by atoms with Gasteiger partial charge in [-0.05, 0) is 12.8 Å². The summed E-state index contributed by atoms with van der Waals surface area (Å²) >= 11 is 0. The van der Waals surface area contributed by atoms with Gasteiger partial charge in [0.05, 0.1) is 0 Å². The van der Waals surface area contributed by atoms with Crippen LogP contribution in [0.25, 0.3) is 0 Å². The van der Waals surface area contributed by atoms with E-state index in [2.05, 4.69) is 17.4 Å². The van der Waals surface area contributed by atoms with E-state index in [9.17, 15) is 0 Å². The number of hydrazine groups is 1. The third kappa shape index (κ3) is 6.08. The van der Waals surface area contributed by atoms with Crippen molar-refractivity contribution < 1.29 is 0 Å². The highest BCUT2D eigenvalue weighted by atomic mass is 79.9. The van der Waals surface area contributed by atoms with E-state index in [1.807, 2.05) is 0 Å². The van der Waals surface area contributed by atoms with Crippen molar-refractivity contribution in [1.82, 2.24) is 10.4 Å². The number of hydrogen-bond donors (Lipinski definition) is 1. The van der Waals surface area contributed by atoms with Crippen molar-refractivity contribution >= 4 is 34.0 Å². The van der Waals surface area contributed by atoms with E-state index in [-0.39, 0.29) is 34.0 Å². The van der Waals surface area contributed by atoms with Crippen molar-refractivity contribution in [1.29, 1.82) is 0 Å². The maximum Gasteiger partial charge on any atom is 0.0130 e. The zero-order valence-electron chi connectivity index (χ0n) is 7.01. The quantitative estimate of drug-likeness (QED) is 0.838. The van der Waals surface area contributed by atoms with Crippen molar-refractivity contribution in [2.45, 2.75) is 26.2 Å². The second kappa shape index (κ2) is 8.97. The number of piperidine rings is 1. The van der Waals surface area contributed by atoms with Crippen LogP contribution in [0.1, 0.15) is 26.2 Å². The Bertz CT molecular complexity index is 72.1. The summed E-state index contributed by atoms with van der Waals surface area (Å²) in [5.41, 5.74) is 3.32. The van der Waals surface area contributed by atoms with E-state index in [1.165, 1.54) is 32.4 Å². The van der Waals surface area contributed by atoms with E-state index in [1.54, 1.807) is 0 Å². The Hall–Kier alpha value is 0.880. The lowest BCUT2D eigenvalue weighted by molar-refractivity contribution is 0.158. The summed E-state index contributed by atoms with van der Waals surface area (Å²) in [6.07, 6.45) is 4.15. The summed E-state index contributed by atoms with van der Waals surface area (Å²) in [6.45, 7) is 5.70. The predicted molar refractivity (Wildman–Crippen MR) is 59.7 cm³/mol. The van der Waals surface area contributed by atoms with Gasteiger partial charge in [0.2, 0.25) is 0 Å². The molecule has 0 aromatic rings. The van der Waals surface area contributed by atoms with Crippen molar-refractivity contribution in [3.63, 3.8) is 0 Å². The Labute approximate surface area is 90.2 Å². The lowest BCUT2D eigenvalue weighted by Crippen LogP contribution is -2.41. The van der Waals surface area contributed by atoms with Crippen molar-refractivity contribution in [3.05, 3.63) is 0 Å². The number of rotatable bonds is 2. The number of hydrogen-bond acceptors (Lipinski definition) is 2. The number of nitrogens with one attached hydrogen (secondary N) is 1. The van der Waals surface area contributed by atoms with Crippen LogP contribution < -0.4 is 5.43 Å². The molecule has 70 valence electrons. The Balaban J connectivity index is 0. The smallest absolute Gasteiger partial charge is 0.0130 e. The van der Waals surface area contributed by atoms with Gasteiger partial charge in [0.1, 0.15) is 0 Å². The topological polar surface area (TPSA) is 15.3 Å². The van der Waals surface area contributed by atoms with Crippen molar-refractivity contribution in [2.75, 3.05) is 19.6 Å². The van der Waals surface area contributed by atoms with Crippen molar-refractivity contribution in [3.8, 4) is 0 Å². The molecule has 1 heterocycles. The van der Waals surface area contributed by atoms with Crippen LogP contribution in [0.4, 0.5) is 0 Å². The molecule has 0 bridgehead atoms. The SMILES string of the molecule is Br.Br.CCNN1CCCCC1. The average Bonchev–Trinajstić information content (AvgIpc) is 1.91. The monoisotopic (exact) mass is 288 g/mol. The summed E-state index contributed by atoms with van der Waals surface area (Å²) in [6, 6.07) is 0. The van der Waals surface area contributed by atoms with Crippen LogP contribution in [-0.4, -0.2) is 24.6 Å². The lowest BCUT2D eigenvalue weighted by Gasteiger charge is -2.26. The first kappa shape index (κ1) is 14.4. The standard InChI is InChI=1S/C7H16N2.2BrH/c1-2-8-9-6-4-3-5-7-9;;/h8H,2-7H2,1H3;2*1H. The molecular formula is C7H18Br2N2. The number of halogens is 2. The fourth-order valence-corrected chi connectivity index (χ4v) is 1.28. The van der Waals surface area contributed by atoms with Gasteiger partial charge >= 0.3 is 0 Å². The van der Waals surface area contributed by atoms with Crippen molar-refractivity contribution in [2.24, 2.45) is 0 Å². The Kier molecular flexibility index (Phi) is 11.8. The average molecular weight is 290 g/mol. The van der Waals surface area contributed by atoms with Crippen LogP contribution in [0.2, 0.25) is 0 Å². The molecule has 1 aliphatic rings. The predicted octanol–water partition coefficient (Wildman–Crippen LogP) is 2.15. The van der Waals surface area contributed by atoms with E-state index < -0.39 is 0 Å². The Morgan fingerprint density at radius 2 is 1.64 bits per heavy atom. The van der Waals surface area contributed by atoms with Gasteiger partial charge in [-0.2, -0.15) is 0 Å². The van der Waals surface area contributed by atoms with Gasteiger partial charge in [0, 0.05) is 19.6 Å². The molecular weight excluding hydrogens is 272 g/mol. The molecule has 4 heteroatoms. The van der Waals surface area contributed by atoms with Crippen LogP contribution in [0.15, 0.2) is 0 Å². The molecule has 1 rings (SSSR count). The van der Waals surface area contributed by atoms with E-state index in [0.29, 0.717) is 0 Å². The molecule has 1 aliphatic heterocycles. The normalized spacial score (nSPS) is 18.3. The highest BCUT2D eigenvalue weighted by Crippen LogP contribution is 2.04. The number of nitrogens with zero attached hydrogens (tertiary/aromatic N) is 1. The molecule has 0 spiro atoms. The summed E-state index contributed by atoms with van der Waals surface area (Å²) in [5.74, 6) is 0. The molecule has 0 unspecified atom stereocenters. The van der Waals surface area contributed by atoms with Gasteiger partial charge in [-0.3, -0.25) is 5.43 Å². The maximum absolute atomic E-state index is 3.32. The van der Waals surface area contributed by atoms with Crippen LogP contribution in [-0.2, 0) is 0 Å². The fraction of sp³-hybridized carbons (Fsp3) is 1.00. The summed E-state index contributed by atoms with van der Waals surface area (Å²) in [7, 11) is 0. The van der Waals surface area contributed by atoms with Gasteiger partial charge in [0.25, 0.3) is 0 Å². The third-order valence-corrected chi connectivity index (χ3v) is 1.74. The molecule has 0 aromatic carbocycles. The van der Waals surface area contributed by atoms with Gasteiger partial charge in [-0.25, -0.2) is 5.01 Å². The van der Waals surface area contributed by atoms with Gasteiger partial charge < -0.3 is 0 Å². The highest BCUT2D eigenvalue weighted by molar-refractivity contribution is 8.93. The molecule has 0 radical (unpaired) electrons. The minimum atomic E-state index is 0. The molecule has 0 aromatic heterocycles. The maximum atomic E-state index is 3.32. The molecule has 1 fully saturated rings. The van der Waals surface area contributed by atoms with Crippen LogP contribution in [0.5, 0.6) is 0 Å². The minimum absolute atomic E-state index is 0. The van der Waals surface area contributed by atoms with E-state index in [4.69, 9.17) is 0 Å². The molecule has 1 saturated heterocycles. The molecule has 0 aliphatic carbocycles. The first-order valence-corrected chi connectivity index (χ1v) is 3.92. The fourth-order valence-electron chi connectivity index (χ4n) is 1.28. The Morgan fingerprint density at radius 3 is 2.09 bits per heavy atom. The molecule has 11 heavy (non-hydrogen) atoms.